The van der Waals surface area contributed by atoms with E-state index in [1.807, 2.05) is 13.0 Å². The van der Waals surface area contributed by atoms with Crippen molar-refractivity contribution in [2.75, 3.05) is 0 Å². The first kappa shape index (κ1) is 16.2. The van der Waals surface area contributed by atoms with Crippen molar-refractivity contribution >= 4 is 27.3 Å². The number of hydrogen-bond acceptors (Lipinski definition) is 1. The second kappa shape index (κ2) is 7.74. The highest BCUT2D eigenvalue weighted by molar-refractivity contribution is 9.11. The Balaban J connectivity index is 2.13. The van der Waals surface area contributed by atoms with Gasteiger partial charge in [-0.25, -0.2) is 0 Å². The number of rotatable bonds is 4. The van der Waals surface area contributed by atoms with Gasteiger partial charge in [0.2, 0.25) is 0 Å². The van der Waals surface area contributed by atoms with Crippen LogP contribution in [0.15, 0.2) is 40.9 Å². The third-order valence-electron chi connectivity index (χ3n) is 4.16. The summed E-state index contributed by atoms with van der Waals surface area (Å²) in [5, 5.41) is 0. The molecule has 1 fully saturated rings. The molecule has 0 heterocycles. The molecule has 0 aromatic heterocycles. The Labute approximate surface area is 136 Å². The van der Waals surface area contributed by atoms with Crippen LogP contribution in [-0.4, -0.2) is 5.78 Å². The van der Waals surface area contributed by atoms with E-state index in [4.69, 9.17) is 0 Å². The van der Waals surface area contributed by atoms with Crippen LogP contribution in [0, 0.1) is 12.8 Å². The minimum absolute atomic E-state index is 0.241. The maximum Gasteiger partial charge on any atom is 0.158 e. The number of hydrogen-bond donors (Lipinski definition) is 0. The minimum atomic E-state index is 0.241. The molecule has 112 valence electrons. The largest absolute Gasteiger partial charge is 0.295 e. The van der Waals surface area contributed by atoms with Gasteiger partial charge < -0.3 is 0 Å². The quantitative estimate of drug-likeness (QED) is 0.495. The van der Waals surface area contributed by atoms with Gasteiger partial charge in [0.25, 0.3) is 0 Å². The topological polar surface area (TPSA) is 17.1 Å². The lowest BCUT2D eigenvalue weighted by molar-refractivity contribution is -0.119. The van der Waals surface area contributed by atoms with E-state index in [-0.39, 0.29) is 11.7 Å². The molecule has 0 radical (unpaired) electrons. The molecule has 1 saturated carbocycles. The molecular formula is C19H23BrO. The third kappa shape index (κ3) is 4.67. The van der Waals surface area contributed by atoms with Gasteiger partial charge in [-0.3, -0.25) is 4.79 Å². The zero-order chi connectivity index (χ0) is 15.2. The molecule has 1 aliphatic carbocycles. The summed E-state index contributed by atoms with van der Waals surface area (Å²) >= 11 is 3.56. The number of halogens is 1. The minimum Gasteiger partial charge on any atom is -0.295 e. The highest BCUT2D eigenvalue weighted by atomic mass is 79.9. The predicted molar refractivity (Wildman–Crippen MR) is 93.4 cm³/mol. The molecule has 0 N–H and O–H groups in total. The van der Waals surface area contributed by atoms with Crippen LogP contribution >= 0.6 is 15.9 Å². The molecule has 0 amide bonds. The van der Waals surface area contributed by atoms with Crippen LogP contribution in [0.25, 0.3) is 5.57 Å². The number of aryl methyl sites for hydroxylation is 1. The lowest BCUT2D eigenvalue weighted by Gasteiger charge is -2.18. The SMILES string of the molecule is CC(Br)=C(C=CC(=O)C1CCCCC1)c1ccc(C)cc1. The van der Waals surface area contributed by atoms with E-state index in [1.54, 1.807) is 6.08 Å². The Bertz CT molecular complexity index is 541. The molecule has 1 aliphatic rings. The van der Waals surface area contributed by atoms with Gasteiger partial charge >= 0.3 is 0 Å². The zero-order valence-electron chi connectivity index (χ0n) is 12.9. The number of carbonyl (C=O) groups excluding carboxylic acids is 1. The Morgan fingerprint density at radius 3 is 2.29 bits per heavy atom. The van der Waals surface area contributed by atoms with Crippen LogP contribution in [0.4, 0.5) is 0 Å². The number of allylic oxidation sites excluding steroid dienone is 4. The Morgan fingerprint density at radius 1 is 1.10 bits per heavy atom. The summed E-state index contributed by atoms with van der Waals surface area (Å²) in [6.07, 6.45) is 9.52. The summed E-state index contributed by atoms with van der Waals surface area (Å²) in [6, 6.07) is 8.40. The Kier molecular flexibility index (Phi) is 5.98. The molecule has 1 aromatic rings. The van der Waals surface area contributed by atoms with Crippen LogP contribution < -0.4 is 0 Å². The van der Waals surface area contributed by atoms with Crippen molar-refractivity contribution in [1.82, 2.24) is 0 Å². The van der Waals surface area contributed by atoms with E-state index in [2.05, 4.69) is 47.1 Å². The summed E-state index contributed by atoms with van der Waals surface area (Å²) in [6.45, 7) is 4.10. The van der Waals surface area contributed by atoms with E-state index in [0.717, 1.165) is 28.5 Å². The van der Waals surface area contributed by atoms with Crippen molar-refractivity contribution in [3.63, 3.8) is 0 Å². The molecule has 2 rings (SSSR count). The van der Waals surface area contributed by atoms with Crippen molar-refractivity contribution in [3.8, 4) is 0 Å². The fourth-order valence-electron chi connectivity index (χ4n) is 2.83. The molecule has 0 unspecified atom stereocenters. The van der Waals surface area contributed by atoms with Crippen LogP contribution in [-0.2, 0) is 4.79 Å². The van der Waals surface area contributed by atoms with E-state index in [9.17, 15) is 4.79 Å². The summed E-state index contributed by atoms with van der Waals surface area (Å²) in [4.78, 5) is 12.3. The third-order valence-corrected chi connectivity index (χ3v) is 4.58. The molecule has 21 heavy (non-hydrogen) atoms. The van der Waals surface area contributed by atoms with E-state index >= 15 is 0 Å². The van der Waals surface area contributed by atoms with Crippen molar-refractivity contribution in [1.29, 1.82) is 0 Å². The zero-order valence-corrected chi connectivity index (χ0v) is 14.4. The smallest absolute Gasteiger partial charge is 0.158 e. The van der Waals surface area contributed by atoms with Crippen molar-refractivity contribution < 1.29 is 4.79 Å². The van der Waals surface area contributed by atoms with Gasteiger partial charge in [-0.05, 0) is 48.4 Å². The van der Waals surface area contributed by atoms with Gasteiger partial charge in [0.05, 0.1) is 0 Å². The van der Waals surface area contributed by atoms with Gasteiger partial charge in [-0.1, -0.05) is 71.1 Å². The molecule has 0 bridgehead atoms. The van der Waals surface area contributed by atoms with Gasteiger partial charge in [0.15, 0.2) is 5.78 Å². The second-order valence-corrected chi connectivity index (χ2v) is 7.07. The molecule has 2 heteroatoms. The average Bonchev–Trinajstić information content (AvgIpc) is 2.49. The summed E-state index contributed by atoms with van der Waals surface area (Å²) in [7, 11) is 0. The highest BCUT2D eigenvalue weighted by Crippen LogP contribution is 2.27. The second-order valence-electron chi connectivity index (χ2n) is 5.88. The Morgan fingerprint density at radius 2 is 1.71 bits per heavy atom. The fourth-order valence-corrected chi connectivity index (χ4v) is 3.19. The first-order valence-electron chi connectivity index (χ1n) is 7.73. The summed E-state index contributed by atoms with van der Waals surface area (Å²) in [5.41, 5.74) is 3.47. The lowest BCUT2D eigenvalue weighted by Crippen LogP contribution is -2.15. The number of carbonyl (C=O) groups is 1. The molecule has 1 nitrogen and oxygen atoms in total. The first-order chi connectivity index (χ1) is 10.1. The molecule has 0 aliphatic heterocycles. The standard InChI is InChI=1S/C19H23BrO/c1-14-8-10-16(11-9-14)18(15(2)20)12-13-19(21)17-6-4-3-5-7-17/h8-13,17H,3-7H2,1-2H3. The van der Waals surface area contributed by atoms with Gasteiger partial charge in [0, 0.05) is 5.92 Å². The maximum absolute atomic E-state index is 12.3. The molecular weight excluding hydrogens is 324 g/mol. The molecule has 0 spiro atoms. The van der Waals surface area contributed by atoms with Crippen LogP contribution in [0.2, 0.25) is 0 Å². The van der Waals surface area contributed by atoms with Gasteiger partial charge in [-0.2, -0.15) is 0 Å². The summed E-state index contributed by atoms with van der Waals surface area (Å²) in [5.74, 6) is 0.526. The van der Waals surface area contributed by atoms with Gasteiger partial charge in [0.1, 0.15) is 0 Å². The van der Waals surface area contributed by atoms with E-state index in [1.165, 1.54) is 24.8 Å². The predicted octanol–water partition coefficient (Wildman–Crippen LogP) is 5.83. The van der Waals surface area contributed by atoms with Crippen LogP contribution in [0.3, 0.4) is 0 Å². The van der Waals surface area contributed by atoms with Crippen LogP contribution in [0.1, 0.15) is 50.2 Å². The lowest BCUT2D eigenvalue weighted by atomic mass is 9.86. The molecule has 0 saturated heterocycles. The number of benzene rings is 1. The van der Waals surface area contributed by atoms with Crippen molar-refractivity contribution in [2.45, 2.75) is 46.0 Å². The average molecular weight is 347 g/mol. The van der Waals surface area contributed by atoms with Crippen molar-refractivity contribution in [2.24, 2.45) is 5.92 Å². The number of ketones is 1. The Hall–Kier alpha value is -1.15. The normalized spacial score (nSPS) is 17.9. The van der Waals surface area contributed by atoms with E-state index in [0.29, 0.717) is 0 Å². The fraction of sp³-hybridized carbons (Fsp3) is 0.421. The molecule has 0 atom stereocenters. The van der Waals surface area contributed by atoms with Gasteiger partial charge in [-0.15, -0.1) is 0 Å². The monoisotopic (exact) mass is 346 g/mol. The maximum atomic E-state index is 12.3. The first-order valence-corrected chi connectivity index (χ1v) is 8.52. The summed E-state index contributed by atoms with van der Waals surface area (Å²) < 4.78 is 1.05. The molecule has 1 aromatic carbocycles. The van der Waals surface area contributed by atoms with Crippen molar-refractivity contribution in [3.05, 3.63) is 52.0 Å². The van der Waals surface area contributed by atoms with Crippen LogP contribution in [0.5, 0.6) is 0 Å². The highest BCUT2D eigenvalue weighted by Gasteiger charge is 2.18. The van der Waals surface area contributed by atoms with E-state index < -0.39 is 0 Å².